The van der Waals surface area contributed by atoms with Crippen molar-refractivity contribution >= 4 is 33.2 Å². The Balaban J connectivity index is 2.04. The van der Waals surface area contributed by atoms with Gasteiger partial charge in [0.05, 0.1) is 10.5 Å². The Bertz CT molecular complexity index is 686. The smallest absolute Gasteiger partial charge is 0.269 e. The molecular weight excluding hydrogens is 338 g/mol. The van der Waals surface area contributed by atoms with Crippen molar-refractivity contribution in [2.75, 3.05) is 5.73 Å². The lowest BCUT2D eigenvalue weighted by Crippen LogP contribution is -2.23. The molecule has 2 rings (SSSR count). The molecule has 0 aliphatic carbocycles. The predicted octanol–water partition coefficient (Wildman–Crippen LogP) is 2.87. The number of halogens is 1. The van der Waals surface area contributed by atoms with E-state index in [1.54, 1.807) is 30.3 Å². The molecule has 0 radical (unpaired) electrons. The summed E-state index contributed by atoms with van der Waals surface area (Å²) in [6.07, 6.45) is 0. The molecule has 3 N–H and O–H groups in total. The number of carbonyl (C=O) groups excluding carboxylic acids is 1. The van der Waals surface area contributed by atoms with E-state index in [0.717, 1.165) is 5.56 Å². The standard InChI is InChI=1S/C14H12BrN3O3/c15-13-6-3-10(16)7-12(13)14(19)17-8-9-1-4-11(5-2-9)18(20)21/h1-7H,8,16H2,(H,17,19). The van der Waals surface area contributed by atoms with Gasteiger partial charge >= 0.3 is 0 Å². The Kier molecular flexibility index (Phi) is 4.54. The molecule has 0 heterocycles. The predicted molar refractivity (Wildman–Crippen MR) is 82.8 cm³/mol. The highest BCUT2D eigenvalue weighted by atomic mass is 79.9. The average molecular weight is 350 g/mol. The summed E-state index contributed by atoms with van der Waals surface area (Å²) in [5, 5.41) is 13.3. The summed E-state index contributed by atoms with van der Waals surface area (Å²) < 4.78 is 0.651. The van der Waals surface area contributed by atoms with Crippen molar-refractivity contribution in [3.05, 3.63) is 68.2 Å². The zero-order valence-corrected chi connectivity index (χ0v) is 12.5. The van der Waals surface area contributed by atoms with E-state index < -0.39 is 4.92 Å². The van der Waals surface area contributed by atoms with E-state index in [-0.39, 0.29) is 18.1 Å². The van der Waals surface area contributed by atoms with Crippen LogP contribution in [0.2, 0.25) is 0 Å². The van der Waals surface area contributed by atoms with Crippen molar-refractivity contribution in [3.8, 4) is 0 Å². The summed E-state index contributed by atoms with van der Waals surface area (Å²) in [5.74, 6) is -0.271. The third-order valence-electron chi connectivity index (χ3n) is 2.84. The first-order chi connectivity index (χ1) is 9.97. The van der Waals surface area contributed by atoms with E-state index in [0.29, 0.717) is 15.7 Å². The van der Waals surface area contributed by atoms with Crippen LogP contribution in [0.15, 0.2) is 46.9 Å². The van der Waals surface area contributed by atoms with E-state index in [9.17, 15) is 14.9 Å². The Morgan fingerprint density at radius 1 is 1.24 bits per heavy atom. The SMILES string of the molecule is Nc1ccc(Br)c(C(=O)NCc2ccc([N+](=O)[O-])cc2)c1. The van der Waals surface area contributed by atoms with E-state index in [1.165, 1.54) is 12.1 Å². The van der Waals surface area contributed by atoms with Gasteiger partial charge in [-0.05, 0) is 39.7 Å². The first kappa shape index (κ1) is 15.0. The second-order valence-electron chi connectivity index (χ2n) is 4.35. The summed E-state index contributed by atoms with van der Waals surface area (Å²) >= 11 is 3.29. The van der Waals surface area contributed by atoms with E-state index in [1.807, 2.05) is 0 Å². The number of non-ortho nitro benzene ring substituents is 1. The maximum atomic E-state index is 12.1. The van der Waals surface area contributed by atoms with Gasteiger partial charge in [0.15, 0.2) is 0 Å². The maximum absolute atomic E-state index is 12.1. The average Bonchev–Trinajstić information content (AvgIpc) is 2.47. The minimum atomic E-state index is -0.466. The number of nitrogen functional groups attached to an aromatic ring is 1. The lowest BCUT2D eigenvalue weighted by Gasteiger charge is -2.07. The highest BCUT2D eigenvalue weighted by Gasteiger charge is 2.10. The molecule has 0 aliphatic rings. The summed E-state index contributed by atoms with van der Waals surface area (Å²) in [6.45, 7) is 0.276. The summed E-state index contributed by atoms with van der Waals surface area (Å²) in [5.41, 5.74) is 7.38. The number of nitrogens with one attached hydrogen (secondary N) is 1. The number of rotatable bonds is 4. The van der Waals surface area contributed by atoms with Gasteiger partial charge in [-0.1, -0.05) is 12.1 Å². The molecule has 108 valence electrons. The molecule has 0 bridgehead atoms. The zero-order chi connectivity index (χ0) is 15.4. The van der Waals surface area contributed by atoms with Crippen LogP contribution < -0.4 is 11.1 Å². The van der Waals surface area contributed by atoms with Gasteiger partial charge in [-0.25, -0.2) is 0 Å². The topological polar surface area (TPSA) is 98.3 Å². The fourth-order valence-corrected chi connectivity index (χ4v) is 2.16. The quantitative estimate of drug-likeness (QED) is 0.503. The molecule has 7 heteroatoms. The maximum Gasteiger partial charge on any atom is 0.269 e. The number of carbonyl (C=O) groups is 1. The Labute approximate surface area is 129 Å². The molecule has 0 saturated carbocycles. The van der Waals surface area contributed by atoms with Crippen LogP contribution in [0.4, 0.5) is 11.4 Å². The van der Waals surface area contributed by atoms with Crippen LogP contribution in [0.1, 0.15) is 15.9 Å². The second kappa shape index (κ2) is 6.36. The molecule has 1 amide bonds. The van der Waals surface area contributed by atoms with Gasteiger partial charge in [0.25, 0.3) is 11.6 Å². The van der Waals surface area contributed by atoms with Gasteiger partial charge in [-0.2, -0.15) is 0 Å². The van der Waals surface area contributed by atoms with Crippen molar-refractivity contribution < 1.29 is 9.72 Å². The number of nitrogens with two attached hydrogens (primary N) is 1. The van der Waals surface area contributed by atoms with Crippen molar-refractivity contribution in [2.24, 2.45) is 0 Å². The van der Waals surface area contributed by atoms with Gasteiger partial charge in [0.2, 0.25) is 0 Å². The largest absolute Gasteiger partial charge is 0.399 e. The molecule has 0 saturated heterocycles. The first-order valence-electron chi connectivity index (χ1n) is 6.04. The molecule has 21 heavy (non-hydrogen) atoms. The normalized spacial score (nSPS) is 10.1. The van der Waals surface area contributed by atoms with Gasteiger partial charge in [-0.3, -0.25) is 14.9 Å². The molecule has 2 aromatic carbocycles. The fraction of sp³-hybridized carbons (Fsp3) is 0.0714. The first-order valence-corrected chi connectivity index (χ1v) is 6.83. The van der Waals surface area contributed by atoms with Crippen LogP contribution in [0, 0.1) is 10.1 Å². The highest BCUT2D eigenvalue weighted by molar-refractivity contribution is 9.10. The van der Waals surface area contributed by atoms with Crippen LogP contribution in [0.5, 0.6) is 0 Å². The Hall–Kier alpha value is -2.41. The van der Waals surface area contributed by atoms with Crippen molar-refractivity contribution in [3.63, 3.8) is 0 Å². The second-order valence-corrected chi connectivity index (χ2v) is 5.20. The number of hydrogen-bond acceptors (Lipinski definition) is 4. The zero-order valence-electron chi connectivity index (χ0n) is 10.9. The molecule has 2 aromatic rings. The number of hydrogen-bond donors (Lipinski definition) is 2. The minimum Gasteiger partial charge on any atom is -0.399 e. The minimum absolute atomic E-state index is 0.0173. The van der Waals surface area contributed by atoms with Crippen LogP contribution >= 0.6 is 15.9 Å². The molecule has 0 aromatic heterocycles. The summed E-state index contributed by atoms with van der Waals surface area (Å²) in [7, 11) is 0. The van der Waals surface area contributed by atoms with Gasteiger partial charge in [0, 0.05) is 28.8 Å². The monoisotopic (exact) mass is 349 g/mol. The van der Waals surface area contributed by atoms with Crippen LogP contribution in [0.25, 0.3) is 0 Å². The van der Waals surface area contributed by atoms with Gasteiger partial charge < -0.3 is 11.1 Å². The molecule has 6 nitrogen and oxygen atoms in total. The number of nitrogens with zero attached hydrogens (tertiary/aromatic N) is 1. The summed E-state index contributed by atoms with van der Waals surface area (Å²) in [4.78, 5) is 22.1. The highest BCUT2D eigenvalue weighted by Crippen LogP contribution is 2.19. The van der Waals surface area contributed by atoms with Crippen LogP contribution in [0.3, 0.4) is 0 Å². The number of nitro groups is 1. The van der Waals surface area contributed by atoms with Crippen molar-refractivity contribution in [1.29, 1.82) is 0 Å². The number of benzene rings is 2. The fourth-order valence-electron chi connectivity index (χ4n) is 1.73. The number of anilines is 1. The van der Waals surface area contributed by atoms with E-state index in [4.69, 9.17) is 5.73 Å². The lowest BCUT2D eigenvalue weighted by atomic mass is 10.1. The van der Waals surface area contributed by atoms with Crippen LogP contribution in [-0.2, 0) is 6.54 Å². The van der Waals surface area contributed by atoms with Crippen LogP contribution in [-0.4, -0.2) is 10.8 Å². The number of amides is 1. The van der Waals surface area contributed by atoms with Crippen molar-refractivity contribution in [2.45, 2.75) is 6.54 Å². The lowest BCUT2D eigenvalue weighted by molar-refractivity contribution is -0.384. The van der Waals surface area contributed by atoms with E-state index in [2.05, 4.69) is 21.2 Å². The third-order valence-corrected chi connectivity index (χ3v) is 3.53. The third kappa shape index (κ3) is 3.79. The van der Waals surface area contributed by atoms with Gasteiger partial charge in [0.1, 0.15) is 0 Å². The molecule has 0 unspecified atom stereocenters. The Morgan fingerprint density at radius 2 is 1.90 bits per heavy atom. The Morgan fingerprint density at radius 3 is 2.52 bits per heavy atom. The molecule has 0 spiro atoms. The van der Waals surface area contributed by atoms with Crippen molar-refractivity contribution in [1.82, 2.24) is 5.32 Å². The summed E-state index contributed by atoms with van der Waals surface area (Å²) in [6, 6.07) is 11.0. The molecule has 0 aliphatic heterocycles. The van der Waals surface area contributed by atoms with E-state index >= 15 is 0 Å². The molecule has 0 atom stereocenters. The molecular formula is C14H12BrN3O3. The molecule has 0 fully saturated rings. The number of nitro benzene ring substituents is 1. The van der Waals surface area contributed by atoms with Gasteiger partial charge in [-0.15, -0.1) is 0 Å².